The number of fused-ring (bicyclic) bond motifs is 2. The minimum atomic E-state index is 0.346. The van der Waals surface area contributed by atoms with Crippen LogP contribution < -0.4 is 5.73 Å². The van der Waals surface area contributed by atoms with Gasteiger partial charge in [-0.05, 0) is 44.1 Å². The zero-order valence-electron chi connectivity index (χ0n) is 9.00. The smallest absolute Gasteiger partial charge is 0.0649 e. The molecular weight excluding hydrogens is 194 g/mol. The minimum Gasteiger partial charge on any atom is -0.374 e. The van der Waals surface area contributed by atoms with E-state index in [2.05, 4.69) is 6.26 Å². The number of hydrogen-bond acceptors (Lipinski definition) is 3. The van der Waals surface area contributed by atoms with E-state index in [0.29, 0.717) is 17.6 Å². The first-order valence-corrected chi connectivity index (χ1v) is 7.04. The summed E-state index contributed by atoms with van der Waals surface area (Å²) in [6.45, 7) is 0.822. The fraction of sp³-hybridized carbons (Fsp3) is 1.00. The second kappa shape index (κ2) is 4.42. The maximum absolute atomic E-state index is 5.95. The lowest BCUT2D eigenvalue weighted by molar-refractivity contribution is 0.0597. The van der Waals surface area contributed by atoms with Crippen molar-refractivity contribution in [1.82, 2.24) is 0 Å². The van der Waals surface area contributed by atoms with Gasteiger partial charge in [0.05, 0.1) is 12.2 Å². The van der Waals surface area contributed by atoms with Crippen LogP contribution in [0.5, 0.6) is 0 Å². The van der Waals surface area contributed by atoms with Crippen LogP contribution in [0.2, 0.25) is 0 Å². The summed E-state index contributed by atoms with van der Waals surface area (Å²) in [6.07, 6.45) is 9.51. The van der Waals surface area contributed by atoms with Gasteiger partial charge in [0, 0.05) is 12.0 Å². The Morgan fingerprint density at radius 3 is 2.86 bits per heavy atom. The molecule has 3 atom stereocenters. The molecule has 2 saturated heterocycles. The van der Waals surface area contributed by atoms with Crippen LogP contribution >= 0.6 is 11.8 Å². The van der Waals surface area contributed by atoms with Crippen LogP contribution in [-0.4, -0.2) is 30.8 Å². The van der Waals surface area contributed by atoms with E-state index in [4.69, 9.17) is 10.5 Å². The van der Waals surface area contributed by atoms with Crippen molar-refractivity contribution in [2.45, 2.75) is 44.3 Å². The third kappa shape index (κ3) is 1.82. The van der Waals surface area contributed by atoms with Crippen molar-refractivity contribution in [2.75, 3.05) is 18.6 Å². The first kappa shape index (κ1) is 10.8. The molecule has 3 heteroatoms. The first-order valence-electron chi connectivity index (χ1n) is 5.65. The lowest BCUT2D eigenvalue weighted by Gasteiger charge is -2.34. The van der Waals surface area contributed by atoms with Crippen LogP contribution in [0.4, 0.5) is 0 Å². The molecule has 0 radical (unpaired) electrons. The van der Waals surface area contributed by atoms with Crippen molar-refractivity contribution >= 4 is 11.8 Å². The second-order valence-corrected chi connectivity index (χ2v) is 5.68. The minimum absolute atomic E-state index is 0.346. The summed E-state index contributed by atoms with van der Waals surface area (Å²) in [4.78, 5) is 0. The van der Waals surface area contributed by atoms with Crippen molar-refractivity contribution < 1.29 is 4.74 Å². The maximum Gasteiger partial charge on any atom is 0.0649 e. The van der Waals surface area contributed by atoms with Gasteiger partial charge in [-0.15, -0.1) is 0 Å². The van der Waals surface area contributed by atoms with Crippen LogP contribution in [0.3, 0.4) is 0 Å². The predicted octanol–water partition coefficient (Wildman–Crippen LogP) is 2.03. The lowest BCUT2D eigenvalue weighted by Crippen LogP contribution is -2.39. The van der Waals surface area contributed by atoms with E-state index in [1.165, 1.54) is 37.9 Å². The summed E-state index contributed by atoms with van der Waals surface area (Å²) in [5, 5.41) is 0. The van der Waals surface area contributed by atoms with Gasteiger partial charge in [0.1, 0.15) is 0 Å². The zero-order chi connectivity index (χ0) is 10.0. The Balaban J connectivity index is 1.90. The summed E-state index contributed by atoms with van der Waals surface area (Å²) in [7, 11) is 0. The molecule has 0 aliphatic carbocycles. The highest BCUT2D eigenvalue weighted by atomic mass is 32.2. The van der Waals surface area contributed by atoms with E-state index in [9.17, 15) is 0 Å². The first-order chi connectivity index (χ1) is 6.80. The Kier molecular flexibility index (Phi) is 3.40. The van der Waals surface area contributed by atoms with E-state index in [1.807, 2.05) is 11.8 Å². The molecule has 3 unspecified atom stereocenters. The molecule has 2 heterocycles. The second-order valence-electron chi connectivity index (χ2n) is 4.69. The van der Waals surface area contributed by atoms with E-state index in [-0.39, 0.29) is 0 Å². The lowest BCUT2D eigenvalue weighted by atomic mass is 9.71. The molecule has 14 heavy (non-hydrogen) atoms. The monoisotopic (exact) mass is 215 g/mol. The summed E-state index contributed by atoms with van der Waals surface area (Å²) >= 11 is 1.93. The number of ether oxygens (including phenoxy) is 1. The van der Waals surface area contributed by atoms with Crippen molar-refractivity contribution in [3.8, 4) is 0 Å². The van der Waals surface area contributed by atoms with Gasteiger partial charge in [-0.3, -0.25) is 0 Å². The van der Waals surface area contributed by atoms with Crippen molar-refractivity contribution in [3.63, 3.8) is 0 Å². The quantitative estimate of drug-likeness (QED) is 0.713. The molecule has 0 spiro atoms. The Bertz CT molecular complexity index is 200. The maximum atomic E-state index is 5.95. The molecule has 2 aliphatic heterocycles. The predicted molar refractivity (Wildman–Crippen MR) is 61.6 cm³/mol. The van der Waals surface area contributed by atoms with Crippen molar-refractivity contribution in [2.24, 2.45) is 11.1 Å². The molecule has 2 bridgehead atoms. The van der Waals surface area contributed by atoms with Crippen molar-refractivity contribution in [1.29, 1.82) is 0 Å². The van der Waals surface area contributed by atoms with Crippen LogP contribution in [0, 0.1) is 5.41 Å². The molecule has 0 saturated carbocycles. The van der Waals surface area contributed by atoms with Crippen LogP contribution in [0.15, 0.2) is 0 Å². The highest BCUT2D eigenvalue weighted by Gasteiger charge is 2.50. The van der Waals surface area contributed by atoms with Gasteiger partial charge in [0.2, 0.25) is 0 Å². The summed E-state index contributed by atoms with van der Waals surface area (Å²) in [5.41, 5.74) is 6.30. The van der Waals surface area contributed by atoms with Crippen LogP contribution in [0.25, 0.3) is 0 Å². The number of nitrogens with two attached hydrogens (primary N) is 1. The highest BCUT2D eigenvalue weighted by Crippen LogP contribution is 2.49. The van der Waals surface area contributed by atoms with Crippen LogP contribution in [0.1, 0.15) is 32.1 Å². The Labute approximate surface area is 91.0 Å². The van der Waals surface area contributed by atoms with Gasteiger partial charge < -0.3 is 10.5 Å². The van der Waals surface area contributed by atoms with E-state index in [1.54, 1.807) is 0 Å². The van der Waals surface area contributed by atoms with Gasteiger partial charge >= 0.3 is 0 Å². The molecule has 2 fully saturated rings. The van der Waals surface area contributed by atoms with Gasteiger partial charge in [0.15, 0.2) is 0 Å². The Morgan fingerprint density at radius 1 is 1.50 bits per heavy atom. The van der Waals surface area contributed by atoms with Crippen LogP contribution in [-0.2, 0) is 4.74 Å². The van der Waals surface area contributed by atoms with Gasteiger partial charge in [-0.25, -0.2) is 0 Å². The molecule has 0 aromatic rings. The molecular formula is C11H21NOS. The number of thioether (sulfide) groups is 1. The molecule has 2 rings (SSSR count). The third-order valence-electron chi connectivity index (χ3n) is 3.85. The standard InChI is InChI=1S/C11H21NOS/c1-14-6-2-5-11(8-12)7-9-3-4-10(11)13-9/h9-10H,2-8,12H2,1H3. The molecule has 82 valence electrons. The largest absolute Gasteiger partial charge is 0.374 e. The number of hydrogen-bond donors (Lipinski definition) is 1. The normalized spacial score (nSPS) is 40.7. The summed E-state index contributed by atoms with van der Waals surface area (Å²) < 4.78 is 5.92. The SMILES string of the molecule is CSCCCC1(CN)CC2CCC1O2. The summed E-state index contributed by atoms with van der Waals surface area (Å²) in [5.74, 6) is 1.26. The molecule has 0 aromatic carbocycles. The van der Waals surface area contributed by atoms with Crippen molar-refractivity contribution in [3.05, 3.63) is 0 Å². The summed E-state index contributed by atoms with van der Waals surface area (Å²) in [6, 6.07) is 0. The van der Waals surface area contributed by atoms with E-state index >= 15 is 0 Å². The Morgan fingerprint density at radius 2 is 2.36 bits per heavy atom. The van der Waals surface area contributed by atoms with E-state index in [0.717, 1.165) is 6.54 Å². The average molecular weight is 215 g/mol. The number of rotatable bonds is 5. The Hall–Kier alpha value is 0.270. The van der Waals surface area contributed by atoms with Gasteiger partial charge in [-0.2, -0.15) is 11.8 Å². The molecule has 0 amide bonds. The topological polar surface area (TPSA) is 35.2 Å². The highest BCUT2D eigenvalue weighted by molar-refractivity contribution is 7.98. The average Bonchev–Trinajstić information content (AvgIpc) is 2.78. The molecule has 0 aromatic heterocycles. The zero-order valence-corrected chi connectivity index (χ0v) is 9.81. The molecule has 2 aliphatic rings. The van der Waals surface area contributed by atoms with Gasteiger partial charge in [0.25, 0.3) is 0 Å². The van der Waals surface area contributed by atoms with E-state index < -0.39 is 0 Å². The fourth-order valence-electron chi connectivity index (χ4n) is 3.04. The fourth-order valence-corrected chi connectivity index (χ4v) is 3.47. The molecule has 2 nitrogen and oxygen atoms in total. The molecule has 2 N–H and O–H groups in total. The van der Waals surface area contributed by atoms with Gasteiger partial charge in [-0.1, -0.05) is 0 Å². The third-order valence-corrected chi connectivity index (χ3v) is 4.55.